The van der Waals surface area contributed by atoms with Gasteiger partial charge in [-0.15, -0.1) is 0 Å². The van der Waals surface area contributed by atoms with Gasteiger partial charge in [-0.1, -0.05) is 36.4 Å². The summed E-state index contributed by atoms with van der Waals surface area (Å²) in [6, 6.07) is 22.4. The molecule has 0 aliphatic heterocycles. The molecule has 4 aromatic rings. The summed E-state index contributed by atoms with van der Waals surface area (Å²) in [6.07, 6.45) is -0.705. The molecular weight excluding hydrogens is 342 g/mol. The predicted molar refractivity (Wildman–Crippen MR) is 104 cm³/mol. The first-order valence-electron chi connectivity index (χ1n) is 8.73. The lowest BCUT2D eigenvalue weighted by Gasteiger charge is -2.15. The normalized spacial score (nSPS) is 12.3. The van der Waals surface area contributed by atoms with Crippen molar-refractivity contribution in [1.29, 1.82) is 0 Å². The highest BCUT2D eigenvalue weighted by Gasteiger charge is 2.14. The number of aromatic carboxylic acids is 1. The van der Waals surface area contributed by atoms with E-state index in [0.29, 0.717) is 12.3 Å². The van der Waals surface area contributed by atoms with Crippen LogP contribution in [0.5, 0.6) is 5.75 Å². The van der Waals surface area contributed by atoms with Gasteiger partial charge in [0.1, 0.15) is 18.5 Å². The second-order valence-corrected chi connectivity index (χ2v) is 6.44. The number of para-hydroxylation sites is 2. The Balaban J connectivity index is 1.52. The molecule has 0 aliphatic rings. The van der Waals surface area contributed by atoms with Crippen LogP contribution in [0.25, 0.3) is 21.8 Å². The number of carbonyl (C=O) groups is 1. The molecular formula is C22H19NO4. The SMILES string of the molecule is O=C(O)c1ccc(OC[C@H](O)Cn2c3ccccc3c3ccccc32)cc1. The third-order valence-electron chi connectivity index (χ3n) is 4.62. The van der Waals surface area contributed by atoms with Crippen molar-refractivity contribution in [2.45, 2.75) is 12.6 Å². The van der Waals surface area contributed by atoms with Crippen molar-refractivity contribution in [2.75, 3.05) is 6.61 Å². The van der Waals surface area contributed by atoms with Gasteiger partial charge in [-0.3, -0.25) is 0 Å². The fourth-order valence-corrected chi connectivity index (χ4v) is 3.35. The largest absolute Gasteiger partial charge is 0.491 e. The molecule has 27 heavy (non-hydrogen) atoms. The van der Waals surface area contributed by atoms with Crippen LogP contribution in [-0.2, 0) is 6.54 Å². The lowest BCUT2D eigenvalue weighted by molar-refractivity contribution is 0.0696. The fourth-order valence-electron chi connectivity index (χ4n) is 3.35. The maximum atomic E-state index is 10.9. The van der Waals surface area contributed by atoms with E-state index in [9.17, 15) is 9.90 Å². The summed E-state index contributed by atoms with van der Waals surface area (Å²) in [7, 11) is 0. The zero-order chi connectivity index (χ0) is 18.8. The van der Waals surface area contributed by atoms with E-state index in [1.165, 1.54) is 12.1 Å². The van der Waals surface area contributed by atoms with Crippen LogP contribution in [0.2, 0.25) is 0 Å². The molecule has 1 heterocycles. The monoisotopic (exact) mass is 361 g/mol. The second-order valence-electron chi connectivity index (χ2n) is 6.44. The quantitative estimate of drug-likeness (QED) is 0.546. The second kappa shape index (κ2) is 7.13. The van der Waals surface area contributed by atoms with Crippen LogP contribution in [0.4, 0.5) is 0 Å². The van der Waals surface area contributed by atoms with Gasteiger partial charge in [-0.2, -0.15) is 0 Å². The third kappa shape index (κ3) is 3.37. The molecule has 5 heteroatoms. The number of nitrogens with zero attached hydrogens (tertiary/aromatic N) is 1. The van der Waals surface area contributed by atoms with Gasteiger partial charge in [-0.25, -0.2) is 4.79 Å². The minimum Gasteiger partial charge on any atom is -0.491 e. The number of aliphatic hydroxyl groups is 1. The molecule has 1 aromatic heterocycles. The Kier molecular flexibility index (Phi) is 4.52. The van der Waals surface area contributed by atoms with Crippen LogP contribution < -0.4 is 4.74 Å². The van der Waals surface area contributed by atoms with Crippen LogP contribution in [0.1, 0.15) is 10.4 Å². The van der Waals surface area contributed by atoms with Gasteiger partial charge in [0.2, 0.25) is 0 Å². The number of rotatable bonds is 6. The Hall–Kier alpha value is -3.31. The Bertz CT molecular complexity index is 1050. The van der Waals surface area contributed by atoms with E-state index in [4.69, 9.17) is 9.84 Å². The standard InChI is InChI=1S/C22H19NO4/c24-16(14-27-17-11-9-15(10-12-17)22(25)26)13-23-20-7-3-1-5-18(20)19-6-2-4-8-21(19)23/h1-12,16,24H,13-14H2,(H,25,26)/t16-/m1/s1. The van der Waals surface area contributed by atoms with E-state index in [0.717, 1.165) is 21.8 Å². The van der Waals surface area contributed by atoms with Crippen molar-refractivity contribution in [3.05, 3.63) is 78.4 Å². The van der Waals surface area contributed by atoms with Gasteiger partial charge in [-0.05, 0) is 36.4 Å². The highest BCUT2D eigenvalue weighted by Crippen LogP contribution is 2.28. The molecule has 0 unspecified atom stereocenters. The van der Waals surface area contributed by atoms with E-state index in [1.807, 2.05) is 36.4 Å². The van der Waals surface area contributed by atoms with Crippen molar-refractivity contribution >= 4 is 27.8 Å². The maximum absolute atomic E-state index is 10.9. The highest BCUT2D eigenvalue weighted by molar-refractivity contribution is 6.07. The van der Waals surface area contributed by atoms with Gasteiger partial charge in [0.05, 0.1) is 12.1 Å². The zero-order valence-corrected chi connectivity index (χ0v) is 14.6. The van der Waals surface area contributed by atoms with Gasteiger partial charge < -0.3 is 19.5 Å². The first-order chi connectivity index (χ1) is 13.1. The molecule has 0 amide bonds. The summed E-state index contributed by atoms with van der Waals surface area (Å²) in [5.74, 6) is -0.450. The van der Waals surface area contributed by atoms with Crippen LogP contribution in [-0.4, -0.2) is 33.5 Å². The van der Waals surface area contributed by atoms with Crippen molar-refractivity contribution in [3.63, 3.8) is 0 Å². The maximum Gasteiger partial charge on any atom is 0.335 e. The summed E-state index contributed by atoms with van der Waals surface area (Å²) < 4.78 is 7.72. The average Bonchev–Trinajstić information content (AvgIpc) is 3.01. The number of carboxylic acids is 1. The van der Waals surface area contributed by atoms with Crippen molar-refractivity contribution in [1.82, 2.24) is 4.57 Å². The molecule has 0 bridgehead atoms. The summed E-state index contributed by atoms with van der Waals surface area (Å²) in [6.45, 7) is 0.522. The molecule has 3 aromatic carbocycles. The Morgan fingerprint density at radius 3 is 2.00 bits per heavy atom. The molecule has 0 saturated carbocycles. The van der Waals surface area contributed by atoms with Crippen LogP contribution in [0, 0.1) is 0 Å². The summed E-state index contributed by atoms with van der Waals surface area (Å²) in [4.78, 5) is 10.9. The lowest BCUT2D eigenvalue weighted by Crippen LogP contribution is -2.23. The minimum atomic E-state index is -0.979. The first-order valence-corrected chi connectivity index (χ1v) is 8.73. The van der Waals surface area contributed by atoms with Crippen LogP contribution in [0.15, 0.2) is 72.8 Å². The summed E-state index contributed by atoms with van der Waals surface area (Å²) in [5, 5.41) is 21.7. The fraction of sp³-hybridized carbons (Fsp3) is 0.136. The van der Waals surface area contributed by atoms with Crippen molar-refractivity contribution < 1.29 is 19.7 Å². The molecule has 1 atom stereocenters. The van der Waals surface area contributed by atoms with Crippen molar-refractivity contribution in [2.24, 2.45) is 0 Å². The smallest absolute Gasteiger partial charge is 0.335 e. The summed E-state index contributed by atoms with van der Waals surface area (Å²) >= 11 is 0. The first kappa shape index (κ1) is 17.1. The Labute approximate surface area is 156 Å². The molecule has 0 saturated heterocycles. The number of aromatic nitrogens is 1. The van der Waals surface area contributed by atoms with E-state index >= 15 is 0 Å². The Morgan fingerprint density at radius 2 is 1.44 bits per heavy atom. The number of ether oxygens (including phenoxy) is 1. The van der Waals surface area contributed by atoms with Gasteiger partial charge in [0.15, 0.2) is 0 Å². The average molecular weight is 361 g/mol. The Morgan fingerprint density at radius 1 is 0.889 bits per heavy atom. The van der Waals surface area contributed by atoms with E-state index in [2.05, 4.69) is 16.7 Å². The van der Waals surface area contributed by atoms with Gasteiger partial charge >= 0.3 is 5.97 Å². The topological polar surface area (TPSA) is 71.7 Å². The number of aliphatic hydroxyl groups excluding tert-OH is 1. The molecule has 5 nitrogen and oxygen atoms in total. The lowest BCUT2D eigenvalue weighted by atomic mass is 10.2. The highest BCUT2D eigenvalue weighted by atomic mass is 16.5. The molecule has 0 aliphatic carbocycles. The number of fused-ring (bicyclic) bond motifs is 3. The number of hydrogen-bond donors (Lipinski definition) is 2. The van der Waals surface area contributed by atoms with Gasteiger partial charge in [0.25, 0.3) is 0 Å². The van der Waals surface area contributed by atoms with E-state index < -0.39 is 12.1 Å². The molecule has 136 valence electrons. The zero-order valence-electron chi connectivity index (χ0n) is 14.6. The van der Waals surface area contributed by atoms with Crippen LogP contribution in [0.3, 0.4) is 0 Å². The molecule has 0 spiro atoms. The number of benzene rings is 3. The van der Waals surface area contributed by atoms with Gasteiger partial charge in [0, 0.05) is 21.8 Å². The molecule has 2 N–H and O–H groups in total. The molecule has 4 rings (SSSR count). The van der Waals surface area contributed by atoms with Crippen molar-refractivity contribution in [3.8, 4) is 5.75 Å². The predicted octanol–water partition coefficient (Wildman–Crippen LogP) is 3.93. The third-order valence-corrected chi connectivity index (χ3v) is 4.62. The minimum absolute atomic E-state index is 0.118. The number of hydrogen-bond acceptors (Lipinski definition) is 3. The van der Waals surface area contributed by atoms with Crippen LogP contribution >= 0.6 is 0 Å². The van der Waals surface area contributed by atoms with E-state index in [-0.39, 0.29) is 12.2 Å². The molecule has 0 fully saturated rings. The summed E-state index contributed by atoms with van der Waals surface area (Å²) in [5.41, 5.74) is 2.35. The molecule has 0 radical (unpaired) electrons. The number of carboxylic acid groups (broad SMARTS) is 1. The van der Waals surface area contributed by atoms with E-state index in [1.54, 1.807) is 12.1 Å².